The monoisotopic (exact) mass is 481 g/mol. The molecule has 0 aliphatic carbocycles. The Morgan fingerprint density at radius 2 is 1.88 bits per heavy atom. The second kappa shape index (κ2) is 10.3. The molecule has 1 aliphatic rings. The molecule has 4 rings (SSSR count). The Labute approximate surface area is 202 Å². The molecule has 8 nitrogen and oxygen atoms in total. The minimum Gasteiger partial charge on any atom is -0.467 e. The number of ether oxygens (including phenoxy) is 2. The first-order chi connectivity index (χ1) is 16.5. The van der Waals surface area contributed by atoms with Gasteiger partial charge in [-0.2, -0.15) is 0 Å². The first-order valence-corrected chi connectivity index (χ1v) is 12.2. The van der Waals surface area contributed by atoms with Gasteiger partial charge in [-0.15, -0.1) is 0 Å². The number of amides is 1. The Hall–Kier alpha value is -3.33. The number of esters is 2. The van der Waals surface area contributed by atoms with E-state index >= 15 is 0 Å². The summed E-state index contributed by atoms with van der Waals surface area (Å²) in [4.78, 5) is 44.0. The molecule has 34 heavy (non-hydrogen) atoms. The van der Waals surface area contributed by atoms with Gasteiger partial charge in [0.1, 0.15) is 6.04 Å². The normalized spacial score (nSPS) is 15.1. The number of carbonyl (C=O) groups is 3. The van der Waals surface area contributed by atoms with E-state index in [1.807, 2.05) is 41.8 Å². The van der Waals surface area contributed by atoms with Crippen LogP contribution in [-0.2, 0) is 38.6 Å². The van der Waals surface area contributed by atoms with Crippen LogP contribution >= 0.6 is 11.8 Å². The summed E-state index contributed by atoms with van der Waals surface area (Å²) in [6.45, 7) is 5.09. The SMILES string of the molecule is CCOC(=O)c1ccc2c(c1)nc(SCC(=O)N1Cc3ccccc3C[C@H]1C(=O)OC)n2CC. The average Bonchev–Trinajstić information content (AvgIpc) is 3.22. The number of fused-ring (bicyclic) bond motifs is 2. The number of benzene rings is 2. The van der Waals surface area contributed by atoms with E-state index in [9.17, 15) is 14.4 Å². The maximum absolute atomic E-state index is 13.2. The minimum absolute atomic E-state index is 0.129. The summed E-state index contributed by atoms with van der Waals surface area (Å²) in [7, 11) is 1.34. The zero-order valence-electron chi connectivity index (χ0n) is 19.4. The predicted octanol–water partition coefficient (Wildman–Crippen LogP) is 3.45. The smallest absolute Gasteiger partial charge is 0.338 e. The van der Waals surface area contributed by atoms with Gasteiger partial charge >= 0.3 is 11.9 Å². The molecule has 0 radical (unpaired) electrons. The molecule has 9 heteroatoms. The zero-order valence-corrected chi connectivity index (χ0v) is 20.3. The van der Waals surface area contributed by atoms with Gasteiger partial charge in [-0.1, -0.05) is 36.0 Å². The third-order valence-corrected chi connectivity index (χ3v) is 6.87. The van der Waals surface area contributed by atoms with Crippen molar-refractivity contribution in [1.82, 2.24) is 14.5 Å². The maximum atomic E-state index is 13.2. The number of hydrogen-bond acceptors (Lipinski definition) is 7. The van der Waals surface area contributed by atoms with E-state index in [1.54, 1.807) is 24.0 Å². The first kappa shape index (κ1) is 23.8. The predicted molar refractivity (Wildman–Crippen MR) is 129 cm³/mol. The summed E-state index contributed by atoms with van der Waals surface area (Å²) >= 11 is 1.32. The number of imidazole rings is 1. The van der Waals surface area contributed by atoms with Crippen LogP contribution < -0.4 is 0 Å². The van der Waals surface area contributed by atoms with E-state index in [0.717, 1.165) is 16.6 Å². The van der Waals surface area contributed by atoms with Crippen molar-refractivity contribution in [2.45, 2.75) is 44.6 Å². The van der Waals surface area contributed by atoms with Gasteiger partial charge in [-0.25, -0.2) is 14.6 Å². The van der Waals surface area contributed by atoms with Crippen molar-refractivity contribution in [3.8, 4) is 0 Å². The largest absolute Gasteiger partial charge is 0.467 e. The van der Waals surface area contributed by atoms with Crippen LogP contribution in [0.3, 0.4) is 0 Å². The van der Waals surface area contributed by atoms with E-state index in [2.05, 4.69) is 4.98 Å². The van der Waals surface area contributed by atoms with Crippen molar-refractivity contribution < 1.29 is 23.9 Å². The molecule has 178 valence electrons. The lowest BCUT2D eigenvalue weighted by atomic mass is 9.94. The van der Waals surface area contributed by atoms with E-state index in [4.69, 9.17) is 9.47 Å². The molecule has 2 heterocycles. The van der Waals surface area contributed by atoms with Crippen LogP contribution in [0.2, 0.25) is 0 Å². The van der Waals surface area contributed by atoms with Gasteiger partial charge in [-0.05, 0) is 43.2 Å². The molecule has 1 atom stereocenters. The van der Waals surface area contributed by atoms with Crippen LogP contribution in [-0.4, -0.2) is 57.8 Å². The molecule has 0 saturated heterocycles. The summed E-state index contributed by atoms with van der Waals surface area (Å²) in [5.74, 6) is -0.833. The van der Waals surface area contributed by atoms with Gasteiger partial charge < -0.3 is 18.9 Å². The van der Waals surface area contributed by atoms with Crippen molar-refractivity contribution in [2.24, 2.45) is 0 Å². The van der Waals surface area contributed by atoms with Gasteiger partial charge in [0.05, 0.1) is 36.1 Å². The summed E-state index contributed by atoms with van der Waals surface area (Å²) in [6.07, 6.45) is 0.434. The summed E-state index contributed by atoms with van der Waals surface area (Å²) in [5, 5.41) is 0.680. The molecule has 0 spiro atoms. The highest BCUT2D eigenvalue weighted by atomic mass is 32.2. The molecule has 1 aromatic heterocycles. The summed E-state index contributed by atoms with van der Waals surface area (Å²) < 4.78 is 12.1. The van der Waals surface area contributed by atoms with Crippen LogP contribution in [0.1, 0.15) is 35.3 Å². The Kier molecular flexibility index (Phi) is 7.21. The fourth-order valence-corrected chi connectivity index (χ4v) is 5.17. The Morgan fingerprint density at radius 1 is 1.12 bits per heavy atom. The molecule has 0 bridgehead atoms. The molecule has 0 saturated carbocycles. The molecule has 0 unspecified atom stereocenters. The summed E-state index contributed by atoms with van der Waals surface area (Å²) in [5.41, 5.74) is 4.08. The van der Waals surface area contributed by atoms with E-state index in [-0.39, 0.29) is 17.6 Å². The molecule has 1 amide bonds. The van der Waals surface area contributed by atoms with Gasteiger partial charge in [0, 0.05) is 19.5 Å². The number of nitrogens with zero attached hydrogens (tertiary/aromatic N) is 3. The fourth-order valence-electron chi connectivity index (χ4n) is 4.21. The van der Waals surface area contributed by atoms with Crippen molar-refractivity contribution in [2.75, 3.05) is 19.5 Å². The van der Waals surface area contributed by atoms with Crippen LogP contribution in [0.25, 0.3) is 11.0 Å². The Balaban J connectivity index is 1.55. The summed E-state index contributed by atoms with van der Waals surface area (Å²) in [6, 6.07) is 12.5. The lowest BCUT2D eigenvalue weighted by Gasteiger charge is -2.35. The highest BCUT2D eigenvalue weighted by Gasteiger charge is 2.35. The number of methoxy groups -OCH3 is 1. The molecule has 0 fully saturated rings. The second-order valence-electron chi connectivity index (χ2n) is 7.88. The topological polar surface area (TPSA) is 90.7 Å². The molecule has 0 N–H and O–H groups in total. The fraction of sp³-hybridized carbons (Fsp3) is 0.360. The number of aryl methyl sites for hydroxylation is 1. The number of hydrogen-bond donors (Lipinski definition) is 0. The lowest BCUT2D eigenvalue weighted by molar-refractivity contribution is -0.153. The van der Waals surface area contributed by atoms with E-state index < -0.39 is 12.0 Å². The van der Waals surface area contributed by atoms with Crippen LogP contribution in [0.15, 0.2) is 47.6 Å². The Bertz CT molecular complexity index is 1240. The quantitative estimate of drug-likeness (QED) is 0.377. The molecule has 1 aliphatic heterocycles. The number of rotatable bonds is 7. The lowest BCUT2D eigenvalue weighted by Crippen LogP contribution is -2.49. The minimum atomic E-state index is -0.648. The van der Waals surface area contributed by atoms with E-state index in [1.165, 1.54) is 18.9 Å². The molecular weight excluding hydrogens is 454 g/mol. The molecule has 2 aromatic carbocycles. The highest BCUT2D eigenvalue weighted by molar-refractivity contribution is 7.99. The van der Waals surface area contributed by atoms with Gasteiger partial charge in [0.15, 0.2) is 5.16 Å². The van der Waals surface area contributed by atoms with Gasteiger partial charge in [-0.3, -0.25) is 4.79 Å². The van der Waals surface area contributed by atoms with Crippen molar-refractivity contribution in [3.63, 3.8) is 0 Å². The van der Waals surface area contributed by atoms with Gasteiger partial charge in [0.25, 0.3) is 0 Å². The van der Waals surface area contributed by atoms with Crippen LogP contribution in [0.4, 0.5) is 0 Å². The van der Waals surface area contributed by atoms with Crippen molar-refractivity contribution in [1.29, 1.82) is 0 Å². The second-order valence-corrected chi connectivity index (χ2v) is 8.83. The van der Waals surface area contributed by atoms with Gasteiger partial charge in [0.2, 0.25) is 5.91 Å². The number of thioether (sulfide) groups is 1. The van der Waals surface area contributed by atoms with Crippen molar-refractivity contribution >= 4 is 40.6 Å². The van der Waals surface area contributed by atoms with Crippen molar-refractivity contribution in [3.05, 3.63) is 59.2 Å². The Morgan fingerprint density at radius 3 is 2.59 bits per heavy atom. The molecule has 3 aromatic rings. The van der Waals surface area contributed by atoms with Crippen LogP contribution in [0, 0.1) is 0 Å². The third-order valence-electron chi connectivity index (χ3n) is 5.91. The van der Waals surface area contributed by atoms with E-state index in [0.29, 0.717) is 42.4 Å². The molecular formula is C25H27N3O5S. The third kappa shape index (κ3) is 4.65. The zero-order chi connectivity index (χ0) is 24.2. The average molecular weight is 482 g/mol. The standard InChI is InChI=1S/C25H27N3O5S/c1-4-27-20-11-10-17(23(30)33-5-2)12-19(20)26-25(27)34-15-22(29)28-14-18-9-7-6-8-16(18)13-21(28)24(31)32-3/h6-12,21H,4-5,13-15H2,1-3H3/t21-/m0/s1. The first-order valence-electron chi connectivity index (χ1n) is 11.2. The number of carbonyl (C=O) groups excluding carboxylic acids is 3. The number of aromatic nitrogens is 2. The highest BCUT2D eigenvalue weighted by Crippen LogP contribution is 2.28. The maximum Gasteiger partial charge on any atom is 0.338 e. The van der Waals surface area contributed by atoms with Crippen LogP contribution in [0.5, 0.6) is 0 Å².